The van der Waals surface area contributed by atoms with Crippen molar-refractivity contribution in [3.05, 3.63) is 0 Å². The summed E-state index contributed by atoms with van der Waals surface area (Å²) >= 11 is 0. The van der Waals surface area contributed by atoms with Gasteiger partial charge in [0.15, 0.2) is 0 Å². The molecule has 7 heteroatoms. The Labute approximate surface area is 168 Å². The van der Waals surface area contributed by atoms with E-state index < -0.39 is 11.5 Å². The van der Waals surface area contributed by atoms with Gasteiger partial charge in [0.1, 0.15) is 5.54 Å². The van der Waals surface area contributed by atoms with Gasteiger partial charge in [-0.25, -0.2) is 4.79 Å². The fourth-order valence-corrected chi connectivity index (χ4v) is 5.19. The number of carboxylic acids is 1. The molecule has 0 bridgehead atoms. The number of nitrogens with zero attached hydrogens (tertiary/aromatic N) is 3. The molecule has 7 nitrogen and oxygen atoms in total. The standard InChI is InChI=1S/C21H35N3O4/c1-2-12-24-20(28)23(16-17-7-4-3-5-8-17)19(27)21(24)10-14-22(15-11-21)13-6-9-18(25)26/h17H,2-16H2,1H3,(H,25,26). The van der Waals surface area contributed by atoms with E-state index >= 15 is 0 Å². The summed E-state index contributed by atoms with van der Waals surface area (Å²) in [6, 6.07) is -0.0863. The molecular weight excluding hydrogens is 358 g/mol. The van der Waals surface area contributed by atoms with E-state index in [-0.39, 0.29) is 18.4 Å². The Hall–Kier alpha value is -1.63. The monoisotopic (exact) mass is 393 g/mol. The van der Waals surface area contributed by atoms with E-state index in [1.54, 1.807) is 4.90 Å². The molecule has 3 rings (SSSR count). The van der Waals surface area contributed by atoms with Crippen LogP contribution in [0.4, 0.5) is 4.79 Å². The summed E-state index contributed by atoms with van der Waals surface area (Å²) in [5.41, 5.74) is -0.676. The van der Waals surface area contributed by atoms with Gasteiger partial charge in [-0.15, -0.1) is 0 Å². The van der Waals surface area contributed by atoms with Crippen LogP contribution in [0.15, 0.2) is 0 Å². The van der Waals surface area contributed by atoms with Crippen LogP contribution in [-0.2, 0) is 9.59 Å². The molecule has 3 fully saturated rings. The average Bonchev–Trinajstić information content (AvgIpc) is 2.87. The first-order valence-corrected chi connectivity index (χ1v) is 11.1. The zero-order chi connectivity index (χ0) is 20.1. The van der Waals surface area contributed by atoms with Crippen LogP contribution in [0.2, 0.25) is 0 Å². The van der Waals surface area contributed by atoms with Gasteiger partial charge in [-0.05, 0) is 51.0 Å². The minimum absolute atomic E-state index is 0.0155. The predicted octanol–water partition coefficient (Wildman–Crippen LogP) is 2.94. The maximum absolute atomic E-state index is 13.4. The Morgan fingerprint density at radius 2 is 1.79 bits per heavy atom. The molecule has 28 heavy (non-hydrogen) atoms. The lowest BCUT2D eigenvalue weighted by atomic mass is 9.85. The highest BCUT2D eigenvalue weighted by Gasteiger charge is 2.57. The van der Waals surface area contributed by atoms with Gasteiger partial charge in [-0.3, -0.25) is 14.5 Å². The summed E-state index contributed by atoms with van der Waals surface area (Å²) in [7, 11) is 0. The van der Waals surface area contributed by atoms with Gasteiger partial charge in [0, 0.05) is 32.6 Å². The van der Waals surface area contributed by atoms with Crippen LogP contribution in [0.3, 0.4) is 0 Å². The van der Waals surface area contributed by atoms with Gasteiger partial charge in [-0.1, -0.05) is 26.2 Å². The molecule has 1 spiro atoms. The smallest absolute Gasteiger partial charge is 0.327 e. The van der Waals surface area contributed by atoms with Crippen LogP contribution in [0.5, 0.6) is 0 Å². The molecule has 1 N–H and O–H groups in total. The third kappa shape index (κ3) is 4.34. The van der Waals surface area contributed by atoms with Gasteiger partial charge in [0.05, 0.1) is 0 Å². The van der Waals surface area contributed by atoms with Crippen molar-refractivity contribution in [2.75, 3.05) is 32.7 Å². The molecule has 0 aromatic rings. The Kier molecular flexibility index (Phi) is 6.96. The maximum Gasteiger partial charge on any atom is 0.327 e. The number of imide groups is 1. The Morgan fingerprint density at radius 3 is 2.39 bits per heavy atom. The molecule has 0 unspecified atom stereocenters. The number of likely N-dealkylation sites (tertiary alicyclic amines) is 1. The first kappa shape index (κ1) is 21.1. The summed E-state index contributed by atoms with van der Waals surface area (Å²) in [5, 5.41) is 8.82. The maximum atomic E-state index is 13.4. The number of urea groups is 1. The number of carboxylic acid groups (broad SMARTS) is 1. The molecule has 0 radical (unpaired) electrons. The molecule has 0 aromatic carbocycles. The number of rotatable bonds is 8. The second-order valence-electron chi connectivity index (χ2n) is 8.72. The third-order valence-electron chi connectivity index (χ3n) is 6.78. The first-order valence-electron chi connectivity index (χ1n) is 11.1. The molecule has 0 atom stereocenters. The number of carbonyl (C=O) groups excluding carboxylic acids is 2. The fourth-order valence-electron chi connectivity index (χ4n) is 5.19. The summed E-state index contributed by atoms with van der Waals surface area (Å²) in [5.74, 6) is -0.296. The molecule has 1 aliphatic carbocycles. The van der Waals surface area contributed by atoms with E-state index in [9.17, 15) is 14.4 Å². The molecule has 1 saturated carbocycles. The van der Waals surface area contributed by atoms with Crippen LogP contribution < -0.4 is 0 Å². The van der Waals surface area contributed by atoms with E-state index in [4.69, 9.17) is 5.11 Å². The SMILES string of the molecule is CCCN1C(=O)N(CC2CCCCC2)C(=O)C12CCN(CCCC(=O)O)CC2. The van der Waals surface area contributed by atoms with Gasteiger partial charge < -0.3 is 14.9 Å². The minimum atomic E-state index is -0.766. The summed E-state index contributed by atoms with van der Waals surface area (Å²) in [6.45, 7) is 5.50. The van der Waals surface area contributed by atoms with Crippen molar-refractivity contribution in [1.82, 2.24) is 14.7 Å². The van der Waals surface area contributed by atoms with Gasteiger partial charge in [0.2, 0.25) is 0 Å². The average molecular weight is 394 g/mol. The lowest BCUT2D eigenvalue weighted by Gasteiger charge is -2.42. The van der Waals surface area contributed by atoms with E-state index in [0.29, 0.717) is 38.3 Å². The van der Waals surface area contributed by atoms with Crippen molar-refractivity contribution < 1.29 is 19.5 Å². The van der Waals surface area contributed by atoms with E-state index in [2.05, 4.69) is 11.8 Å². The largest absolute Gasteiger partial charge is 0.481 e. The second kappa shape index (κ2) is 9.25. The highest BCUT2D eigenvalue weighted by molar-refractivity contribution is 6.07. The fraction of sp³-hybridized carbons (Fsp3) is 0.857. The Balaban J connectivity index is 1.65. The number of piperidine rings is 1. The van der Waals surface area contributed by atoms with Crippen LogP contribution >= 0.6 is 0 Å². The van der Waals surface area contributed by atoms with Gasteiger partial charge >= 0.3 is 12.0 Å². The normalized spacial score (nSPS) is 23.8. The molecule has 158 valence electrons. The molecule has 3 amide bonds. The minimum Gasteiger partial charge on any atom is -0.481 e. The number of carbonyl (C=O) groups is 3. The molecule has 2 saturated heterocycles. The summed E-state index contributed by atoms with van der Waals surface area (Å²) in [4.78, 5) is 42.9. The highest BCUT2D eigenvalue weighted by atomic mass is 16.4. The molecule has 2 heterocycles. The molecule has 2 aliphatic heterocycles. The topological polar surface area (TPSA) is 81.2 Å². The van der Waals surface area contributed by atoms with E-state index in [0.717, 1.165) is 38.9 Å². The van der Waals surface area contributed by atoms with Gasteiger partial charge in [0.25, 0.3) is 5.91 Å². The number of amides is 3. The van der Waals surface area contributed by atoms with Crippen molar-refractivity contribution in [3.8, 4) is 0 Å². The Bertz CT molecular complexity index is 580. The number of hydrogen-bond acceptors (Lipinski definition) is 4. The van der Waals surface area contributed by atoms with Crippen LogP contribution in [0.25, 0.3) is 0 Å². The number of hydrogen-bond donors (Lipinski definition) is 1. The van der Waals surface area contributed by atoms with Crippen molar-refractivity contribution in [2.24, 2.45) is 5.92 Å². The first-order chi connectivity index (χ1) is 13.5. The lowest BCUT2D eigenvalue weighted by molar-refractivity contribution is -0.137. The van der Waals surface area contributed by atoms with Crippen LogP contribution in [0.1, 0.15) is 71.1 Å². The summed E-state index contributed by atoms with van der Waals surface area (Å²) in [6.07, 6.45) is 8.88. The second-order valence-corrected chi connectivity index (χ2v) is 8.72. The molecule has 0 aromatic heterocycles. The van der Waals surface area contributed by atoms with Gasteiger partial charge in [-0.2, -0.15) is 0 Å². The molecular formula is C21H35N3O4. The summed E-state index contributed by atoms with van der Waals surface area (Å²) < 4.78 is 0. The van der Waals surface area contributed by atoms with E-state index in [1.165, 1.54) is 19.3 Å². The lowest BCUT2D eigenvalue weighted by Crippen LogP contribution is -2.56. The number of aliphatic carboxylic acids is 1. The highest BCUT2D eigenvalue weighted by Crippen LogP contribution is 2.38. The van der Waals surface area contributed by atoms with Crippen LogP contribution in [0, 0.1) is 5.92 Å². The Morgan fingerprint density at radius 1 is 1.11 bits per heavy atom. The zero-order valence-electron chi connectivity index (χ0n) is 17.2. The predicted molar refractivity (Wildman–Crippen MR) is 106 cm³/mol. The van der Waals surface area contributed by atoms with Crippen molar-refractivity contribution in [2.45, 2.75) is 76.7 Å². The van der Waals surface area contributed by atoms with Crippen LogP contribution in [-0.4, -0.2) is 76.0 Å². The van der Waals surface area contributed by atoms with Crippen molar-refractivity contribution in [1.29, 1.82) is 0 Å². The van der Waals surface area contributed by atoms with Crippen molar-refractivity contribution in [3.63, 3.8) is 0 Å². The quantitative estimate of drug-likeness (QED) is 0.641. The van der Waals surface area contributed by atoms with Crippen molar-refractivity contribution >= 4 is 17.9 Å². The molecule has 3 aliphatic rings. The third-order valence-corrected chi connectivity index (χ3v) is 6.78. The van der Waals surface area contributed by atoms with E-state index in [1.807, 2.05) is 4.90 Å². The zero-order valence-corrected chi connectivity index (χ0v) is 17.2.